The summed E-state index contributed by atoms with van der Waals surface area (Å²) < 4.78 is 10.8. The van der Waals surface area contributed by atoms with Crippen LogP contribution in [0.1, 0.15) is 33.1 Å². The van der Waals surface area contributed by atoms with Crippen LogP contribution in [0.25, 0.3) is 10.4 Å². The number of azide groups is 1. The molecule has 2 atom stereocenters. The third kappa shape index (κ3) is 4.38. The van der Waals surface area contributed by atoms with Crippen LogP contribution in [0.2, 0.25) is 0 Å². The van der Waals surface area contributed by atoms with Gasteiger partial charge in [-0.25, -0.2) is 0 Å². The van der Waals surface area contributed by atoms with Gasteiger partial charge in [0.15, 0.2) is 0 Å². The molecule has 0 saturated carbocycles. The Kier molecular flexibility index (Phi) is 6.62. The minimum Gasteiger partial charge on any atom is -0.465 e. The van der Waals surface area contributed by atoms with Crippen LogP contribution in [0.15, 0.2) is 5.11 Å². The summed E-state index contributed by atoms with van der Waals surface area (Å²) in [7, 11) is 0. The zero-order valence-corrected chi connectivity index (χ0v) is 11.6. The van der Waals surface area contributed by atoms with E-state index in [1.165, 1.54) is 0 Å². The minimum absolute atomic E-state index is 0.0603. The fourth-order valence-electron chi connectivity index (χ4n) is 2.29. The average molecular weight is 270 g/mol. The Labute approximate surface area is 113 Å². The van der Waals surface area contributed by atoms with Gasteiger partial charge in [-0.3, -0.25) is 4.79 Å². The molecule has 1 saturated heterocycles. The van der Waals surface area contributed by atoms with Crippen molar-refractivity contribution in [2.75, 3.05) is 26.3 Å². The molecular formula is C12H22N4O3. The minimum atomic E-state index is -0.708. The molecule has 7 heteroatoms. The van der Waals surface area contributed by atoms with Crippen LogP contribution in [-0.4, -0.2) is 43.9 Å². The summed E-state index contributed by atoms with van der Waals surface area (Å²) in [5.41, 5.74) is 7.55. The van der Waals surface area contributed by atoms with E-state index in [0.717, 1.165) is 6.42 Å². The molecule has 1 rings (SSSR count). The standard InChI is InChI=1S/C12H22N4O3/c1-3-10-9-12(5-8-19-10,11(17)18-4-2)14-6-7-15-16-13/h10,14H,3-9H2,1-2H3. The van der Waals surface area contributed by atoms with Crippen molar-refractivity contribution in [3.05, 3.63) is 10.4 Å². The Balaban J connectivity index is 2.71. The molecule has 19 heavy (non-hydrogen) atoms. The molecule has 0 aromatic carbocycles. The lowest BCUT2D eigenvalue weighted by Gasteiger charge is -2.39. The fraction of sp³-hybridized carbons (Fsp3) is 0.917. The van der Waals surface area contributed by atoms with Crippen molar-refractivity contribution in [2.45, 2.75) is 44.8 Å². The number of rotatable bonds is 7. The van der Waals surface area contributed by atoms with Crippen molar-refractivity contribution in [3.8, 4) is 0 Å². The molecule has 108 valence electrons. The van der Waals surface area contributed by atoms with E-state index < -0.39 is 5.54 Å². The van der Waals surface area contributed by atoms with Gasteiger partial charge in [0, 0.05) is 31.0 Å². The summed E-state index contributed by atoms with van der Waals surface area (Å²) in [6.45, 7) is 5.49. The lowest BCUT2D eigenvalue weighted by molar-refractivity contribution is -0.158. The molecule has 1 N–H and O–H groups in total. The highest BCUT2D eigenvalue weighted by Gasteiger charge is 2.43. The van der Waals surface area contributed by atoms with Gasteiger partial charge in [-0.1, -0.05) is 12.0 Å². The molecule has 1 aliphatic rings. The summed E-state index contributed by atoms with van der Waals surface area (Å²) in [5.74, 6) is -0.238. The van der Waals surface area contributed by atoms with E-state index >= 15 is 0 Å². The van der Waals surface area contributed by atoms with E-state index in [2.05, 4.69) is 15.3 Å². The fourth-order valence-corrected chi connectivity index (χ4v) is 2.29. The summed E-state index contributed by atoms with van der Waals surface area (Å²) in [6, 6.07) is 0. The number of nitrogens with zero attached hydrogens (tertiary/aromatic N) is 3. The lowest BCUT2D eigenvalue weighted by atomic mass is 9.85. The second-order valence-electron chi connectivity index (χ2n) is 4.54. The lowest BCUT2D eigenvalue weighted by Crippen LogP contribution is -2.58. The van der Waals surface area contributed by atoms with Gasteiger partial charge >= 0.3 is 5.97 Å². The van der Waals surface area contributed by atoms with Crippen LogP contribution < -0.4 is 5.32 Å². The first kappa shape index (κ1) is 15.8. The van der Waals surface area contributed by atoms with Gasteiger partial charge in [-0.05, 0) is 25.3 Å². The number of hydrogen-bond donors (Lipinski definition) is 1. The molecule has 0 aromatic rings. The molecule has 0 amide bonds. The van der Waals surface area contributed by atoms with E-state index in [1.54, 1.807) is 6.92 Å². The van der Waals surface area contributed by atoms with Crippen molar-refractivity contribution in [3.63, 3.8) is 0 Å². The van der Waals surface area contributed by atoms with Crippen LogP contribution in [0.5, 0.6) is 0 Å². The quantitative estimate of drug-likeness (QED) is 0.251. The maximum atomic E-state index is 12.2. The zero-order valence-electron chi connectivity index (χ0n) is 11.6. The van der Waals surface area contributed by atoms with Crippen molar-refractivity contribution in [1.29, 1.82) is 0 Å². The van der Waals surface area contributed by atoms with Crippen LogP contribution in [0, 0.1) is 0 Å². The van der Waals surface area contributed by atoms with Gasteiger partial charge in [-0.2, -0.15) is 0 Å². The molecule has 0 bridgehead atoms. The van der Waals surface area contributed by atoms with Crippen LogP contribution in [0.3, 0.4) is 0 Å². The van der Waals surface area contributed by atoms with Crippen LogP contribution >= 0.6 is 0 Å². The Hall–Kier alpha value is -1.30. The molecule has 1 fully saturated rings. The Morgan fingerprint density at radius 3 is 3.05 bits per heavy atom. The Bertz CT molecular complexity index is 344. The normalized spacial score (nSPS) is 26.5. The van der Waals surface area contributed by atoms with E-state index in [1.807, 2.05) is 6.92 Å². The van der Waals surface area contributed by atoms with Crippen molar-refractivity contribution in [1.82, 2.24) is 5.32 Å². The second-order valence-corrected chi connectivity index (χ2v) is 4.54. The zero-order chi connectivity index (χ0) is 14.1. The number of carbonyl (C=O) groups excluding carboxylic acids is 1. The first-order chi connectivity index (χ1) is 9.18. The van der Waals surface area contributed by atoms with Gasteiger partial charge in [0.1, 0.15) is 5.54 Å². The largest absolute Gasteiger partial charge is 0.465 e. The van der Waals surface area contributed by atoms with Crippen molar-refractivity contribution >= 4 is 5.97 Å². The van der Waals surface area contributed by atoms with Gasteiger partial charge in [0.25, 0.3) is 0 Å². The molecule has 0 spiro atoms. The summed E-state index contributed by atoms with van der Waals surface area (Å²) >= 11 is 0. The van der Waals surface area contributed by atoms with Gasteiger partial charge in [0.2, 0.25) is 0 Å². The third-order valence-electron chi connectivity index (χ3n) is 3.32. The first-order valence-corrected chi connectivity index (χ1v) is 6.73. The summed E-state index contributed by atoms with van der Waals surface area (Å²) in [4.78, 5) is 14.9. The number of hydrogen-bond acceptors (Lipinski definition) is 5. The highest BCUT2D eigenvalue weighted by Crippen LogP contribution is 2.27. The maximum Gasteiger partial charge on any atom is 0.326 e. The average Bonchev–Trinajstić information content (AvgIpc) is 2.44. The monoisotopic (exact) mass is 270 g/mol. The number of nitrogens with one attached hydrogen (secondary N) is 1. The van der Waals surface area contributed by atoms with E-state index in [-0.39, 0.29) is 12.1 Å². The maximum absolute atomic E-state index is 12.2. The van der Waals surface area contributed by atoms with E-state index in [0.29, 0.717) is 39.1 Å². The predicted octanol–water partition coefficient (Wildman–Crippen LogP) is 1.78. The van der Waals surface area contributed by atoms with Gasteiger partial charge < -0.3 is 14.8 Å². The smallest absolute Gasteiger partial charge is 0.326 e. The van der Waals surface area contributed by atoms with Gasteiger partial charge in [-0.15, -0.1) is 0 Å². The molecule has 0 radical (unpaired) electrons. The van der Waals surface area contributed by atoms with E-state index in [4.69, 9.17) is 15.0 Å². The molecule has 1 heterocycles. The third-order valence-corrected chi connectivity index (χ3v) is 3.32. The van der Waals surface area contributed by atoms with Crippen molar-refractivity contribution in [2.24, 2.45) is 5.11 Å². The van der Waals surface area contributed by atoms with Crippen LogP contribution in [0.4, 0.5) is 0 Å². The number of carbonyl (C=O) groups is 1. The van der Waals surface area contributed by atoms with Crippen molar-refractivity contribution < 1.29 is 14.3 Å². The molecular weight excluding hydrogens is 248 g/mol. The summed E-state index contributed by atoms with van der Waals surface area (Å²) in [6.07, 6.45) is 2.10. The molecule has 0 aromatic heterocycles. The molecule has 7 nitrogen and oxygen atoms in total. The highest BCUT2D eigenvalue weighted by molar-refractivity contribution is 5.81. The number of ether oxygens (including phenoxy) is 2. The first-order valence-electron chi connectivity index (χ1n) is 6.73. The second kappa shape index (κ2) is 7.99. The Morgan fingerprint density at radius 1 is 1.63 bits per heavy atom. The SMILES string of the molecule is CCOC(=O)C1(NCCN=[N+]=[N-])CCOC(CC)C1. The summed E-state index contributed by atoms with van der Waals surface area (Å²) in [5, 5.41) is 6.67. The molecule has 0 aliphatic carbocycles. The predicted molar refractivity (Wildman–Crippen MR) is 70.6 cm³/mol. The Morgan fingerprint density at radius 2 is 2.42 bits per heavy atom. The number of esters is 1. The molecule has 2 unspecified atom stereocenters. The molecule has 1 aliphatic heterocycles. The van der Waals surface area contributed by atoms with E-state index in [9.17, 15) is 4.79 Å². The van der Waals surface area contributed by atoms with Crippen LogP contribution in [-0.2, 0) is 14.3 Å². The highest BCUT2D eigenvalue weighted by atomic mass is 16.5. The van der Waals surface area contributed by atoms with Gasteiger partial charge in [0.05, 0.1) is 12.7 Å². The topological polar surface area (TPSA) is 96.3 Å².